The molecule has 12 heavy (non-hydrogen) atoms. The lowest BCUT2D eigenvalue weighted by Crippen LogP contribution is -2.34. The van der Waals surface area contributed by atoms with Crippen molar-refractivity contribution in [2.75, 3.05) is 0 Å². The Morgan fingerprint density at radius 1 is 1.83 bits per heavy atom. The Kier molecular flexibility index (Phi) is 2.39. The van der Waals surface area contributed by atoms with Crippen LogP contribution in [0.1, 0.15) is 11.9 Å². The van der Waals surface area contributed by atoms with E-state index < -0.39 is 18.2 Å². The Labute approximate surface area is 67.4 Å². The van der Waals surface area contributed by atoms with Crippen molar-refractivity contribution < 1.29 is 14.3 Å². The van der Waals surface area contributed by atoms with Gasteiger partial charge in [0.2, 0.25) is 0 Å². The van der Waals surface area contributed by atoms with Crippen molar-refractivity contribution in [2.45, 2.75) is 12.2 Å². The molecule has 0 amide bonds. The molecule has 0 aromatic carbocycles. The molecule has 4 N–H and O–H groups in total. The van der Waals surface area contributed by atoms with Gasteiger partial charge in [0.05, 0.1) is 18.2 Å². The van der Waals surface area contributed by atoms with E-state index in [4.69, 9.17) is 10.8 Å². The quantitative estimate of drug-likeness (QED) is 0.591. The van der Waals surface area contributed by atoms with E-state index in [1.54, 1.807) is 0 Å². The Balaban J connectivity index is 2.71. The van der Waals surface area contributed by atoms with Crippen LogP contribution in [0, 0.1) is 0 Å². The second-order valence-corrected chi connectivity index (χ2v) is 2.27. The molecule has 2 atom stereocenters. The SMILES string of the molecule is N[C@H](C(=O)O)[C@H](F)c1cnc[nH]1. The molecule has 1 heterocycles. The van der Waals surface area contributed by atoms with Crippen molar-refractivity contribution in [3.05, 3.63) is 18.2 Å². The van der Waals surface area contributed by atoms with Gasteiger partial charge in [-0.2, -0.15) is 0 Å². The number of carboxylic acids is 1. The van der Waals surface area contributed by atoms with Crippen molar-refractivity contribution in [1.29, 1.82) is 0 Å². The van der Waals surface area contributed by atoms with Crippen LogP contribution in [0.4, 0.5) is 4.39 Å². The van der Waals surface area contributed by atoms with Crippen LogP contribution in [-0.2, 0) is 4.79 Å². The number of alkyl halides is 1. The van der Waals surface area contributed by atoms with Crippen molar-refractivity contribution in [3.8, 4) is 0 Å². The topological polar surface area (TPSA) is 92.0 Å². The summed E-state index contributed by atoms with van der Waals surface area (Å²) in [4.78, 5) is 16.2. The molecule has 5 nitrogen and oxygen atoms in total. The van der Waals surface area contributed by atoms with Gasteiger partial charge in [0, 0.05) is 0 Å². The van der Waals surface area contributed by atoms with E-state index in [0.717, 1.165) is 0 Å². The molecule has 0 unspecified atom stereocenters. The molecule has 6 heteroatoms. The summed E-state index contributed by atoms with van der Waals surface area (Å²) in [6.07, 6.45) is 0.717. The molecule has 1 aromatic rings. The summed E-state index contributed by atoms with van der Waals surface area (Å²) in [6.45, 7) is 0. The third-order valence-electron chi connectivity index (χ3n) is 1.42. The van der Waals surface area contributed by atoms with E-state index in [-0.39, 0.29) is 5.69 Å². The number of carbonyl (C=O) groups is 1. The predicted octanol–water partition coefficient (Wildman–Crippen LogP) is -0.168. The molecule has 0 aliphatic rings. The molecule has 0 aliphatic carbocycles. The monoisotopic (exact) mass is 173 g/mol. The van der Waals surface area contributed by atoms with Crippen molar-refractivity contribution in [2.24, 2.45) is 5.73 Å². The number of hydrogen-bond acceptors (Lipinski definition) is 3. The Morgan fingerprint density at radius 2 is 2.50 bits per heavy atom. The average molecular weight is 173 g/mol. The number of halogens is 1. The highest BCUT2D eigenvalue weighted by molar-refractivity contribution is 5.74. The molecule has 0 radical (unpaired) electrons. The zero-order chi connectivity index (χ0) is 9.14. The summed E-state index contributed by atoms with van der Waals surface area (Å²) >= 11 is 0. The van der Waals surface area contributed by atoms with Gasteiger partial charge in [0.15, 0.2) is 6.17 Å². The maximum absolute atomic E-state index is 13.0. The lowest BCUT2D eigenvalue weighted by Gasteiger charge is -2.09. The van der Waals surface area contributed by atoms with E-state index in [1.165, 1.54) is 12.5 Å². The van der Waals surface area contributed by atoms with Crippen LogP contribution in [0.2, 0.25) is 0 Å². The molecule has 0 saturated heterocycles. The predicted molar refractivity (Wildman–Crippen MR) is 38.0 cm³/mol. The average Bonchev–Trinajstić information content (AvgIpc) is 2.53. The summed E-state index contributed by atoms with van der Waals surface area (Å²) in [5, 5.41) is 8.35. The number of aromatic nitrogens is 2. The number of carboxylic acid groups (broad SMARTS) is 1. The number of imidazole rings is 1. The largest absolute Gasteiger partial charge is 0.480 e. The van der Waals surface area contributed by atoms with Crippen LogP contribution in [-0.4, -0.2) is 27.1 Å². The van der Waals surface area contributed by atoms with Gasteiger partial charge in [0.25, 0.3) is 0 Å². The molecule has 0 aliphatic heterocycles. The fourth-order valence-electron chi connectivity index (χ4n) is 0.736. The van der Waals surface area contributed by atoms with Gasteiger partial charge in [-0.15, -0.1) is 0 Å². The first-order valence-electron chi connectivity index (χ1n) is 3.23. The van der Waals surface area contributed by atoms with Crippen molar-refractivity contribution in [3.63, 3.8) is 0 Å². The first-order valence-corrected chi connectivity index (χ1v) is 3.23. The summed E-state index contributed by atoms with van der Waals surface area (Å²) in [7, 11) is 0. The minimum absolute atomic E-state index is 0.0740. The standard InChI is InChI=1S/C6H8FN3O2/c7-4(5(8)6(11)12)3-1-9-2-10-3/h1-2,4-5H,8H2,(H,9,10)(H,11,12)/t4-,5+/m1/s1. The number of aromatic amines is 1. The van der Waals surface area contributed by atoms with Crippen LogP contribution in [0.5, 0.6) is 0 Å². The highest BCUT2D eigenvalue weighted by Gasteiger charge is 2.26. The van der Waals surface area contributed by atoms with E-state index >= 15 is 0 Å². The van der Waals surface area contributed by atoms with Gasteiger partial charge < -0.3 is 15.8 Å². The normalized spacial score (nSPS) is 15.5. The summed E-state index contributed by atoms with van der Waals surface area (Å²) in [5.41, 5.74) is 5.10. The first kappa shape index (κ1) is 8.66. The molecule has 0 bridgehead atoms. The lowest BCUT2D eigenvalue weighted by atomic mass is 10.1. The minimum Gasteiger partial charge on any atom is -0.480 e. The second-order valence-electron chi connectivity index (χ2n) is 2.27. The van der Waals surface area contributed by atoms with Gasteiger partial charge >= 0.3 is 5.97 Å². The smallest absolute Gasteiger partial charge is 0.323 e. The van der Waals surface area contributed by atoms with Gasteiger partial charge in [-0.25, -0.2) is 9.37 Å². The van der Waals surface area contributed by atoms with Gasteiger partial charge in [-0.1, -0.05) is 0 Å². The van der Waals surface area contributed by atoms with Crippen LogP contribution in [0.25, 0.3) is 0 Å². The number of rotatable bonds is 3. The maximum Gasteiger partial charge on any atom is 0.323 e. The maximum atomic E-state index is 13.0. The van der Waals surface area contributed by atoms with Crippen molar-refractivity contribution in [1.82, 2.24) is 9.97 Å². The molecule has 0 fully saturated rings. The molecule has 1 rings (SSSR count). The number of nitrogens with two attached hydrogens (primary N) is 1. The van der Waals surface area contributed by atoms with Crippen LogP contribution in [0.15, 0.2) is 12.5 Å². The fourth-order valence-corrected chi connectivity index (χ4v) is 0.736. The number of aliphatic carboxylic acids is 1. The van der Waals surface area contributed by atoms with E-state index in [0.29, 0.717) is 0 Å². The third-order valence-corrected chi connectivity index (χ3v) is 1.42. The highest BCUT2D eigenvalue weighted by Crippen LogP contribution is 2.16. The molecular weight excluding hydrogens is 165 g/mol. The number of nitrogens with zero attached hydrogens (tertiary/aromatic N) is 1. The lowest BCUT2D eigenvalue weighted by molar-refractivity contribution is -0.140. The highest BCUT2D eigenvalue weighted by atomic mass is 19.1. The zero-order valence-corrected chi connectivity index (χ0v) is 6.07. The van der Waals surface area contributed by atoms with E-state index in [1.807, 2.05) is 0 Å². The first-order chi connectivity index (χ1) is 5.63. The van der Waals surface area contributed by atoms with Gasteiger partial charge in [0.1, 0.15) is 6.04 Å². The molecule has 66 valence electrons. The second kappa shape index (κ2) is 3.31. The molecule has 0 saturated carbocycles. The van der Waals surface area contributed by atoms with E-state index in [2.05, 4.69) is 9.97 Å². The van der Waals surface area contributed by atoms with E-state index in [9.17, 15) is 9.18 Å². The van der Waals surface area contributed by atoms with Crippen molar-refractivity contribution >= 4 is 5.97 Å². The Bertz CT molecular complexity index is 262. The fraction of sp³-hybridized carbons (Fsp3) is 0.333. The minimum atomic E-state index is -1.75. The molecular formula is C6H8FN3O2. The number of hydrogen-bond donors (Lipinski definition) is 3. The molecule has 1 aromatic heterocycles. The number of nitrogens with one attached hydrogen (secondary N) is 1. The van der Waals surface area contributed by atoms with Gasteiger partial charge in [-0.05, 0) is 0 Å². The Hall–Kier alpha value is -1.43. The third kappa shape index (κ3) is 1.59. The Morgan fingerprint density at radius 3 is 2.92 bits per heavy atom. The summed E-state index contributed by atoms with van der Waals surface area (Å²) in [6, 6.07) is -1.55. The summed E-state index contributed by atoms with van der Waals surface area (Å²) < 4.78 is 13.0. The zero-order valence-electron chi connectivity index (χ0n) is 6.07. The van der Waals surface area contributed by atoms with Crippen LogP contribution in [0.3, 0.4) is 0 Å². The molecule has 0 spiro atoms. The van der Waals surface area contributed by atoms with Crippen LogP contribution >= 0.6 is 0 Å². The van der Waals surface area contributed by atoms with Crippen LogP contribution < -0.4 is 5.73 Å². The number of H-pyrrole nitrogens is 1. The van der Waals surface area contributed by atoms with Gasteiger partial charge in [-0.3, -0.25) is 4.79 Å². The summed E-state index contributed by atoms with van der Waals surface area (Å²) in [5.74, 6) is -1.38.